The largest absolute Gasteiger partial charge is 0.311 e. The molecule has 0 bridgehead atoms. The molecule has 16 heavy (non-hydrogen) atoms. The molecule has 0 aliphatic carbocycles. The molecule has 2 aliphatic rings. The first-order valence-corrected chi connectivity index (χ1v) is 6.29. The maximum atomic E-state index is 6.15. The second-order valence-electron chi connectivity index (χ2n) is 4.81. The Morgan fingerprint density at radius 2 is 2.12 bits per heavy atom. The monoisotopic (exact) mass is 221 g/mol. The lowest BCUT2D eigenvalue weighted by Crippen LogP contribution is -2.33. The summed E-state index contributed by atoms with van der Waals surface area (Å²) in [5.41, 5.74) is 6.15. The molecule has 3 heterocycles. The molecule has 5 heteroatoms. The molecule has 0 amide bonds. The Hall–Kier alpha value is -0.940. The van der Waals surface area contributed by atoms with Crippen molar-refractivity contribution in [2.24, 2.45) is 5.73 Å². The molecule has 2 aliphatic heterocycles. The van der Waals surface area contributed by atoms with Crippen molar-refractivity contribution in [2.75, 3.05) is 6.54 Å². The number of nitrogens with zero attached hydrogens (tertiary/aromatic N) is 3. The van der Waals surface area contributed by atoms with Gasteiger partial charge in [-0.3, -0.25) is 4.57 Å². The number of fused-ring (bicyclic) bond motifs is 1. The van der Waals surface area contributed by atoms with Crippen LogP contribution in [0.2, 0.25) is 0 Å². The Morgan fingerprint density at radius 1 is 1.19 bits per heavy atom. The maximum Gasteiger partial charge on any atom is 0.151 e. The van der Waals surface area contributed by atoms with E-state index in [1.54, 1.807) is 0 Å². The third-order valence-electron chi connectivity index (χ3n) is 3.65. The lowest BCUT2D eigenvalue weighted by Gasteiger charge is -2.27. The number of aromatic nitrogens is 3. The van der Waals surface area contributed by atoms with Gasteiger partial charge < -0.3 is 11.1 Å². The van der Waals surface area contributed by atoms with Crippen LogP contribution in [0, 0.1) is 0 Å². The van der Waals surface area contributed by atoms with Gasteiger partial charge in [0.2, 0.25) is 0 Å². The molecule has 3 N–H and O–H groups in total. The molecule has 1 fully saturated rings. The summed E-state index contributed by atoms with van der Waals surface area (Å²) >= 11 is 0. The Morgan fingerprint density at radius 3 is 2.94 bits per heavy atom. The van der Waals surface area contributed by atoms with Crippen molar-refractivity contribution in [3.63, 3.8) is 0 Å². The molecule has 1 aromatic heterocycles. The van der Waals surface area contributed by atoms with Crippen LogP contribution >= 0.6 is 0 Å². The van der Waals surface area contributed by atoms with Crippen molar-refractivity contribution in [3.05, 3.63) is 11.6 Å². The van der Waals surface area contributed by atoms with E-state index in [1.807, 2.05) is 0 Å². The molecule has 1 saturated heterocycles. The number of nitrogens with one attached hydrogen (secondary N) is 1. The smallest absolute Gasteiger partial charge is 0.151 e. The zero-order valence-corrected chi connectivity index (χ0v) is 9.52. The van der Waals surface area contributed by atoms with Gasteiger partial charge in [0, 0.05) is 6.42 Å². The van der Waals surface area contributed by atoms with Gasteiger partial charge >= 0.3 is 0 Å². The maximum absolute atomic E-state index is 6.15. The van der Waals surface area contributed by atoms with Crippen molar-refractivity contribution >= 4 is 0 Å². The highest BCUT2D eigenvalue weighted by Crippen LogP contribution is 2.27. The van der Waals surface area contributed by atoms with Crippen LogP contribution in [-0.2, 0) is 6.42 Å². The summed E-state index contributed by atoms with van der Waals surface area (Å²) in [4.78, 5) is 0. The van der Waals surface area contributed by atoms with Crippen LogP contribution < -0.4 is 11.1 Å². The first-order chi connectivity index (χ1) is 7.86. The Kier molecular flexibility index (Phi) is 2.65. The van der Waals surface area contributed by atoms with E-state index in [0.29, 0.717) is 6.04 Å². The standard InChI is InChI=1S/C11H19N5/c12-9-5-3-6-10-14-15-11(16(9)10)8-4-1-2-7-13-8/h8-9,13H,1-7,12H2. The SMILES string of the molecule is NC1CCCc2nnc(C3CCCCN3)n21. The van der Waals surface area contributed by atoms with Crippen LogP contribution in [0.25, 0.3) is 0 Å². The molecule has 0 radical (unpaired) electrons. The predicted molar refractivity (Wildman–Crippen MR) is 60.8 cm³/mol. The normalized spacial score (nSPS) is 30.1. The molecule has 3 rings (SSSR count). The van der Waals surface area contributed by atoms with Crippen molar-refractivity contribution in [2.45, 2.75) is 50.7 Å². The number of rotatable bonds is 1. The average molecular weight is 221 g/mol. The zero-order chi connectivity index (χ0) is 11.0. The summed E-state index contributed by atoms with van der Waals surface area (Å²) in [6.07, 6.45) is 6.98. The number of hydrogen-bond acceptors (Lipinski definition) is 4. The highest BCUT2D eigenvalue weighted by atomic mass is 15.3. The van der Waals surface area contributed by atoms with Gasteiger partial charge in [-0.2, -0.15) is 0 Å². The second-order valence-corrected chi connectivity index (χ2v) is 4.81. The quantitative estimate of drug-likeness (QED) is 0.739. The van der Waals surface area contributed by atoms with Gasteiger partial charge in [-0.1, -0.05) is 6.42 Å². The van der Waals surface area contributed by atoms with Gasteiger partial charge in [-0.05, 0) is 32.2 Å². The fourth-order valence-corrected chi connectivity index (χ4v) is 2.78. The summed E-state index contributed by atoms with van der Waals surface area (Å²) in [5, 5.41) is 12.1. The Labute approximate surface area is 95.4 Å². The van der Waals surface area contributed by atoms with E-state index >= 15 is 0 Å². The lowest BCUT2D eigenvalue weighted by molar-refractivity contribution is 0.344. The molecular formula is C11H19N5. The van der Waals surface area contributed by atoms with E-state index in [2.05, 4.69) is 20.1 Å². The van der Waals surface area contributed by atoms with Gasteiger partial charge in [0.25, 0.3) is 0 Å². The highest BCUT2D eigenvalue weighted by molar-refractivity contribution is 5.06. The van der Waals surface area contributed by atoms with E-state index in [1.165, 1.54) is 12.8 Å². The number of aryl methyl sites for hydroxylation is 1. The van der Waals surface area contributed by atoms with E-state index in [0.717, 1.165) is 43.9 Å². The first kappa shape index (κ1) is 10.2. The van der Waals surface area contributed by atoms with E-state index in [-0.39, 0.29) is 6.17 Å². The molecular weight excluding hydrogens is 202 g/mol. The lowest BCUT2D eigenvalue weighted by atomic mass is 10.0. The van der Waals surface area contributed by atoms with Crippen LogP contribution in [-0.4, -0.2) is 21.3 Å². The summed E-state index contributed by atoms with van der Waals surface area (Å²) in [6, 6.07) is 0.360. The fraction of sp³-hybridized carbons (Fsp3) is 0.818. The van der Waals surface area contributed by atoms with E-state index in [9.17, 15) is 0 Å². The van der Waals surface area contributed by atoms with E-state index in [4.69, 9.17) is 5.73 Å². The minimum atomic E-state index is 0.0810. The van der Waals surface area contributed by atoms with Crippen LogP contribution in [0.1, 0.15) is 56.0 Å². The van der Waals surface area contributed by atoms with Gasteiger partial charge in [-0.15, -0.1) is 10.2 Å². The molecule has 0 saturated carbocycles. The van der Waals surface area contributed by atoms with E-state index < -0.39 is 0 Å². The van der Waals surface area contributed by atoms with Crippen molar-refractivity contribution in [1.82, 2.24) is 20.1 Å². The Balaban J connectivity index is 1.91. The molecule has 0 spiro atoms. The van der Waals surface area contributed by atoms with Gasteiger partial charge in [0.1, 0.15) is 5.82 Å². The van der Waals surface area contributed by atoms with Gasteiger partial charge in [0.05, 0.1) is 12.2 Å². The highest BCUT2D eigenvalue weighted by Gasteiger charge is 2.27. The summed E-state index contributed by atoms with van der Waals surface area (Å²) in [7, 11) is 0. The summed E-state index contributed by atoms with van der Waals surface area (Å²) < 4.78 is 2.16. The third-order valence-corrected chi connectivity index (χ3v) is 3.65. The van der Waals surface area contributed by atoms with Crippen LogP contribution in [0.15, 0.2) is 0 Å². The summed E-state index contributed by atoms with van der Waals surface area (Å²) in [5.74, 6) is 2.13. The van der Waals surface area contributed by atoms with Crippen molar-refractivity contribution in [1.29, 1.82) is 0 Å². The zero-order valence-electron chi connectivity index (χ0n) is 9.52. The minimum absolute atomic E-state index is 0.0810. The predicted octanol–water partition coefficient (Wildman–Crippen LogP) is 0.886. The number of nitrogens with two attached hydrogens (primary N) is 1. The summed E-state index contributed by atoms with van der Waals surface area (Å²) in [6.45, 7) is 1.09. The molecule has 2 unspecified atom stereocenters. The van der Waals surface area contributed by atoms with Crippen LogP contribution in [0.5, 0.6) is 0 Å². The van der Waals surface area contributed by atoms with Crippen LogP contribution in [0.3, 0.4) is 0 Å². The molecule has 0 aromatic carbocycles. The molecule has 2 atom stereocenters. The topological polar surface area (TPSA) is 68.8 Å². The van der Waals surface area contributed by atoms with Crippen molar-refractivity contribution < 1.29 is 0 Å². The number of hydrogen-bond donors (Lipinski definition) is 2. The second kappa shape index (κ2) is 4.14. The average Bonchev–Trinajstić information content (AvgIpc) is 2.75. The minimum Gasteiger partial charge on any atom is -0.311 e. The molecule has 88 valence electrons. The number of piperidine rings is 1. The molecule has 1 aromatic rings. The van der Waals surface area contributed by atoms with Crippen molar-refractivity contribution in [3.8, 4) is 0 Å². The van der Waals surface area contributed by atoms with Crippen LogP contribution in [0.4, 0.5) is 0 Å². The fourth-order valence-electron chi connectivity index (χ4n) is 2.78. The van der Waals surface area contributed by atoms with Gasteiger partial charge in [0.15, 0.2) is 5.82 Å². The first-order valence-electron chi connectivity index (χ1n) is 6.29. The third kappa shape index (κ3) is 1.64. The van der Waals surface area contributed by atoms with Gasteiger partial charge in [-0.25, -0.2) is 0 Å². The Bertz CT molecular complexity index is 366. The molecule has 5 nitrogen and oxygen atoms in total.